The number of aliphatic carboxylic acids is 2. The fourth-order valence-electron chi connectivity index (χ4n) is 1.37. The molecular weight excluding hydrogens is 250 g/mol. The van der Waals surface area contributed by atoms with E-state index in [4.69, 9.17) is 10.2 Å². The van der Waals surface area contributed by atoms with Gasteiger partial charge in [-0.25, -0.2) is 9.59 Å². The number of carbonyl (C=O) groups is 3. The van der Waals surface area contributed by atoms with Crippen LogP contribution in [-0.4, -0.2) is 28.1 Å². The van der Waals surface area contributed by atoms with Crippen LogP contribution in [0.5, 0.6) is 0 Å². The van der Waals surface area contributed by atoms with E-state index in [1.807, 2.05) is 30.3 Å². The second-order valence-electron chi connectivity index (χ2n) is 3.75. The number of carbonyl (C=O) groups excluding carboxylic acids is 1. The number of carboxylic acid groups (broad SMARTS) is 2. The van der Waals surface area contributed by atoms with Gasteiger partial charge in [0.25, 0.3) is 0 Å². The van der Waals surface area contributed by atoms with Crippen molar-refractivity contribution in [3.8, 4) is 0 Å². The van der Waals surface area contributed by atoms with E-state index in [-0.39, 0.29) is 6.54 Å². The Morgan fingerprint density at radius 3 is 2.26 bits per heavy atom. The first-order valence-electron chi connectivity index (χ1n) is 5.46. The molecule has 0 saturated heterocycles. The molecular formula is C13H13NO5. The zero-order valence-corrected chi connectivity index (χ0v) is 10.00. The normalized spacial score (nSPS) is 10.8. The lowest BCUT2D eigenvalue weighted by Gasteiger charge is -2.05. The molecule has 0 aromatic heterocycles. The molecule has 100 valence electrons. The quantitative estimate of drug-likeness (QED) is 0.658. The molecule has 0 radical (unpaired) electrons. The standard InChI is InChI=1S/C13H13NO5/c15-11(6-10(13(18)19)7-12(16)17)14-8-9-4-2-1-3-5-9/h1-5,7H,6,8H2,(H,14,15)(H,16,17)(H,18,19)/b10-7+. The third-order valence-electron chi connectivity index (χ3n) is 2.26. The highest BCUT2D eigenvalue weighted by atomic mass is 16.4. The number of nitrogens with one attached hydrogen (secondary N) is 1. The molecule has 3 N–H and O–H groups in total. The molecule has 0 aliphatic rings. The van der Waals surface area contributed by atoms with Crippen LogP contribution < -0.4 is 5.32 Å². The number of benzene rings is 1. The van der Waals surface area contributed by atoms with Crippen LogP contribution in [0.3, 0.4) is 0 Å². The summed E-state index contributed by atoms with van der Waals surface area (Å²) < 4.78 is 0. The third kappa shape index (κ3) is 5.49. The molecule has 0 aliphatic heterocycles. The summed E-state index contributed by atoms with van der Waals surface area (Å²) in [5.41, 5.74) is 0.410. The first-order chi connectivity index (χ1) is 8.99. The van der Waals surface area contributed by atoms with Gasteiger partial charge in [0.2, 0.25) is 5.91 Å². The second-order valence-corrected chi connectivity index (χ2v) is 3.75. The van der Waals surface area contributed by atoms with Crippen molar-refractivity contribution in [1.82, 2.24) is 5.32 Å². The molecule has 1 aromatic carbocycles. The van der Waals surface area contributed by atoms with Crippen LogP contribution >= 0.6 is 0 Å². The topological polar surface area (TPSA) is 104 Å². The molecule has 1 aromatic rings. The van der Waals surface area contributed by atoms with E-state index >= 15 is 0 Å². The van der Waals surface area contributed by atoms with Crippen LogP contribution in [0.15, 0.2) is 42.0 Å². The Hall–Kier alpha value is -2.63. The van der Waals surface area contributed by atoms with Gasteiger partial charge >= 0.3 is 11.9 Å². The lowest BCUT2D eigenvalue weighted by Crippen LogP contribution is -2.24. The average molecular weight is 263 g/mol. The Bertz CT molecular complexity index is 507. The van der Waals surface area contributed by atoms with Gasteiger partial charge in [-0.15, -0.1) is 0 Å². The molecule has 0 atom stereocenters. The van der Waals surface area contributed by atoms with Gasteiger partial charge in [0.1, 0.15) is 0 Å². The van der Waals surface area contributed by atoms with Crippen molar-refractivity contribution in [2.75, 3.05) is 0 Å². The van der Waals surface area contributed by atoms with Crippen molar-refractivity contribution in [3.63, 3.8) is 0 Å². The average Bonchev–Trinajstić information content (AvgIpc) is 2.36. The minimum Gasteiger partial charge on any atom is -0.478 e. The summed E-state index contributed by atoms with van der Waals surface area (Å²) >= 11 is 0. The summed E-state index contributed by atoms with van der Waals surface area (Å²) in [6.07, 6.45) is 0.0406. The van der Waals surface area contributed by atoms with Crippen LogP contribution in [0.2, 0.25) is 0 Å². The molecule has 6 heteroatoms. The van der Waals surface area contributed by atoms with Gasteiger partial charge in [-0.05, 0) is 5.56 Å². The van der Waals surface area contributed by atoms with Crippen LogP contribution in [0.25, 0.3) is 0 Å². The van der Waals surface area contributed by atoms with E-state index in [1.54, 1.807) is 0 Å². The number of amides is 1. The largest absolute Gasteiger partial charge is 0.478 e. The molecule has 6 nitrogen and oxygen atoms in total. The summed E-state index contributed by atoms with van der Waals surface area (Å²) in [4.78, 5) is 32.6. The smallest absolute Gasteiger partial charge is 0.332 e. The second kappa shape index (κ2) is 6.95. The van der Waals surface area contributed by atoms with E-state index < -0.39 is 29.8 Å². The van der Waals surface area contributed by atoms with Gasteiger partial charge in [-0.1, -0.05) is 30.3 Å². The maximum atomic E-state index is 11.5. The van der Waals surface area contributed by atoms with E-state index in [0.717, 1.165) is 5.56 Å². The number of hydrogen-bond acceptors (Lipinski definition) is 3. The van der Waals surface area contributed by atoms with Gasteiger partial charge in [-0.3, -0.25) is 4.79 Å². The fraction of sp³-hybridized carbons (Fsp3) is 0.154. The maximum Gasteiger partial charge on any atom is 0.332 e. The van der Waals surface area contributed by atoms with Crippen molar-refractivity contribution >= 4 is 17.8 Å². The van der Waals surface area contributed by atoms with Crippen LogP contribution in [-0.2, 0) is 20.9 Å². The van der Waals surface area contributed by atoms with Crippen molar-refractivity contribution < 1.29 is 24.6 Å². The summed E-state index contributed by atoms with van der Waals surface area (Å²) in [6.45, 7) is 0.264. The summed E-state index contributed by atoms with van der Waals surface area (Å²) in [5, 5.41) is 19.7. The highest BCUT2D eigenvalue weighted by Crippen LogP contribution is 2.03. The summed E-state index contributed by atoms with van der Waals surface area (Å²) in [7, 11) is 0. The molecule has 0 bridgehead atoms. The maximum absolute atomic E-state index is 11.5. The van der Waals surface area contributed by atoms with Crippen molar-refractivity contribution in [1.29, 1.82) is 0 Å². The molecule has 0 saturated carbocycles. The predicted molar refractivity (Wildman–Crippen MR) is 66.3 cm³/mol. The number of hydrogen-bond donors (Lipinski definition) is 3. The predicted octanol–water partition coefficient (Wildman–Crippen LogP) is 0.788. The first-order valence-corrected chi connectivity index (χ1v) is 5.46. The Morgan fingerprint density at radius 2 is 1.74 bits per heavy atom. The number of rotatable bonds is 6. The Morgan fingerprint density at radius 1 is 1.11 bits per heavy atom. The molecule has 0 heterocycles. The zero-order valence-electron chi connectivity index (χ0n) is 10.00. The van der Waals surface area contributed by atoms with Crippen LogP contribution in [0.1, 0.15) is 12.0 Å². The number of carboxylic acids is 2. The third-order valence-corrected chi connectivity index (χ3v) is 2.26. The first kappa shape index (κ1) is 14.4. The van der Waals surface area contributed by atoms with Crippen molar-refractivity contribution in [2.24, 2.45) is 0 Å². The lowest BCUT2D eigenvalue weighted by molar-refractivity contribution is -0.135. The molecule has 0 unspecified atom stereocenters. The summed E-state index contributed by atoms with van der Waals surface area (Å²) in [5.74, 6) is -3.36. The summed E-state index contributed by atoms with van der Waals surface area (Å²) in [6, 6.07) is 9.09. The highest BCUT2D eigenvalue weighted by Gasteiger charge is 2.14. The molecule has 0 aliphatic carbocycles. The SMILES string of the molecule is O=C(O)/C=C(\CC(=O)NCc1ccccc1)C(=O)O. The Balaban J connectivity index is 2.54. The minimum absolute atomic E-state index is 0.264. The van der Waals surface area contributed by atoms with Gasteiger partial charge < -0.3 is 15.5 Å². The Labute approximate surface area is 109 Å². The fourth-order valence-corrected chi connectivity index (χ4v) is 1.37. The zero-order chi connectivity index (χ0) is 14.3. The Kier molecular flexibility index (Phi) is 5.28. The van der Waals surface area contributed by atoms with E-state index in [9.17, 15) is 14.4 Å². The van der Waals surface area contributed by atoms with Gasteiger partial charge in [-0.2, -0.15) is 0 Å². The van der Waals surface area contributed by atoms with Crippen LogP contribution in [0.4, 0.5) is 0 Å². The molecule has 1 rings (SSSR count). The molecule has 0 spiro atoms. The molecule has 0 fully saturated rings. The molecule has 19 heavy (non-hydrogen) atoms. The van der Waals surface area contributed by atoms with Gasteiger partial charge in [0, 0.05) is 12.6 Å². The highest BCUT2D eigenvalue weighted by molar-refractivity contribution is 5.99. The van der Waals surface area contributed by atoms with E-state index in [1.165, 1.54) is 0 Å². The molecule has 1 amide bonds. The van der Waals surface area contributed by atoms with E-state index in [0.29, 0.717) is 6.08 Å². The van der Waals surface area contributed by atoms with E-state index in [2.05, 4.69) is 5.32 Å². The lowest BCUT2D eigenvalue weighted by atomic mass is 10.1. The van der Waals surface area contributed by atoms with Crippen LogP contribution in [0, 0.1) is 0 Å². The van der Waals surface area contributed by atoms with Crippen molar-refractivity contribution in [3.05, 3.63) is 47.5 Å². The van der Waals surface area contributed by atoms with Gasteiger partial charge in [0.05, 0.1) is 12.0 Å². The monoisotopic (exact) mass is 263 g/mol. The van der Waals surface area contributed by atoms with Crippen molar-refractivity contribution in [2.45, 2.75) is 13.0 Å². The minimum atomic E-state index is -1.42. The van der Waals surface area contributed by atoms with Gasteiger partial charge in [0.15, 0.2) is 0 Å².